The second kappa shape index (κ2) is 8.94. The molecule has 0 bridgehead atoms. The van der Waals surface area contributed by atoms with Gasteiger partial charge in [0.1, 0.15) is 0 Å². The summed E-state index contributed by atoms with van der Waals surface area (Å²) in [6.45, 7) is 2.72. The first-order chi connectivity index (χ1) is 12.6. The highest BCUT2D eigenvalue weighted by Crippen LogP contribution is 2.24. The smallest absolute Gasteiger partial charge is 0.251 e. The van der Waals surface area contributed by atoms with Crippen molar-refractivity contribution in [2.24, 2.45) is 0 Å². The molecule has 3 rings (SSSR count). The molecular formula is C21H26N2O3. The summed E-state index contributed by atoms with van der Waals surface area (Å²) in [5.74, 6) is -0.124. The molecule has 1 heterocycles. The van der Waals surface area contributed by atoms with Crippen LogP contribution in [0, 0.1) is 0 Å². The average Bonchev–Trinajstić information content (AvgIpc) is 2.67. The van der Waals surface area contributed by atoms with E-state index in [2.05, 4.69) is 54.6 Å². The lowest BCUT2D eigenvalue weighted by atomic mass is 9.98. The number of hydrogen-bond donors (Lipinski definition) is 1. The Morgan fingerprint density at radius 2 is 1.88 bits per heavy atom. The molecule has 1 saturated heterocycles. The summed E-state index contributed by atoms with van der Waals surface area (Å²) >= 11 is 0. The first kappa shape index (κ1) is 18.6. The largest absolute Gasteiger partial charge is 0.376 e. The molecule has 0 aliphatic carbocycles. The van der Waals surface area contributed by atoms with Gasteiger partial charge >= 0.3 is 0 Å². The highest BCUT2D eigenvalue weighted by Gasteiger charge is 2.22. The minimum Gasteiger partial charge on any atom is -0.376 e. The van der Waals surface area contributed by atoms with Crippen LogP contribution in [0.2, 0.25) is 0 Å². The predicted octanol–water partition coefficient (Wildman–Crippen LogP) is 2.45. The van der Waals surface area contributed by atoms with Gasteiger partial charge in [-0.3, -0.25) is 4.79 Å². The Labute approximate surface area is 154 Å². The molecule has 1 aliphatic heterocycles. The third-order valence-electron chi connectivity index (χ3n) is 4.34. The van der Waals surface area contributed by atoms with Crippen molar-refractivity contribution in [1.29, 1.82) is 0 Å². The zero-order valence-corrected chi connectivity index (χ0v) is 15.4. The van der Waals surface area contributed by atoms with Crippen LogP contribution in [0.15, 0.2) is 48.5 Å². The molecule has 1 atom stereocenters. The third kappa shape index (κ3) is 4.91. The first-order valence-electron chi connectivity index (χ1n) is 8.92. The number of rotatable bonds is 6. The van der Waals surface area contributed by atoms with Crippen molar-refractivity contribution in [1.82, 2.24) is 10.2 Å². The van der Waals surface area contributed by atoms with E-state index in [0.29, 0.717) is 26.4 Å². The number of nitrogens with one attached hydrogen (secondary N) is 1. The van der Waals surface area contributed by atoms with Crippen LogP contribution in [0.1, 0.15) is 11.1 Å². The van der Waals surface area contributed by atoms with E-state index < -0.39 is 6.10 Å². The molecule has 1 amide bonds. The summed E-state index contributed by atoms with van der Waals surface area (Å²) < 4.78 is 10.7. The minimum atomic E-state index is -0.513. The van der Waals surface area contributed by atoms with Gasteiger partial charge in [0.15, 0.2) is 6.10 Å². The van der Waals surface area contributed by atoms with Gasteiger partial charge < -0.3 is 19.7 Å². The third-order valence-corrected chi connectivity index (χ3v) is 4.34. The molecule has 1 fully saturated rings. The molecule has 0 spiro atoms. The Morgan fingerprint density at radius 1 is 1.12 bits per heavy atom. The molecular weight excluding hydrogens is 328 g/mol. The number of amides is 1. The standard InChI is InChI=1S/C21H26N2O3/c1-23(2)14-16-7-9-17(10-8-16)19-6-4-3-5-18(19)13-22-21(24)20-15-25-11-12-26-20/h3-10,20H,11-15H2,1-2H3,(H,22,24)/t20-/m1/s1. The SMILES string of the molecule is CN(C)Cc1ccc(-c2ccccc2CNC(=O)[C@H]2COCCO2)cc1. The predicted molar refractivity (Wildman–Crippen MR) is 102 cm³/mol. The highest BCUT2D eigenvalue weighted by atomic mass is 16.6. The maximum absolute atomic E-state index is 12.2. The fraction of sp³-hybridized carbons (Fsp3) is 0.381. The first-order valence-corrected chi connectivity index (χ1v) is 8.92. The van der Waals surface area contributed by atoms with Crippen LogP contribution in [0.3, 0.4) is 0 Å². The molecule has 2 aromatic carbocycles. The number of carbonyl (C=O) groups is 1. The summed E-state index contributed by atoms with van der Waals surface area (Å²) in [6.07, 6.45) is -0.513. The lowest BCUT2D eigenvalue weighted by Crippen LogP contribution is -2.42. The van der Waals surface area contributed by atoms with E-state index in [0.717, 1.165) is 23.2 Å². The fourth-order valence-corrected chi connectivity index (χ4v) is 3.05. The minimum absolute atomic E-state index is 0.124. The zero-order valence-electron chi connectivity index (χ0n) is 15.4. The van der Waals surface area contributed by atoms with Gasteiger partial charge in [0.25, 0.3) is 5.91 Å². The lowest BCUT2D eigenvalue weighted by Gasteiger charge is -2.22. The summed E-state index contributed by atoms with van der Waals surface area (Å²) in [5.41, 5.74) is 4.64. The molecule has 1 aliphatic rings. The van der Waals surface area contributed by atoms with E-state index in [1.165, 1.54) is 5.56 Å². The van der Waals surface area contributed by atoms with Gasteiger partial charge in [-0.25, -0.2) is 0 Å². The molecule has 2 aromatic rings. The number of hydrogen-bond acceptors (Lipinski definition) is 4. The van der Waals surface area contributed by atoms with Gasteiger partial charge in [0, 0.05) is 13.1 Å². The topological polar surface area (TPSA) is 50.8 Å². The van der Waals surface area contributed by atoms with Crippen molar-refractivity contribution >= 4 is 5.91 Å². The van der Waals surface area contributed by atoms with Crippen LogP contribution < -0.4 is 5.32 Å². The molecule has 5 nitrogen and oxygen atoms in total. The molecule has 0 radical (unpaired) electrons. The Kier molecular flexibility index (Phi) is 6.39. The molecule has 138 valence electrons. The number of benzene rings is 2. The molecule has 0 saturated carbocycles. The van der Waals surface area contributed by atoms with E-state index in [1.807, 2.05) is 18.2 Å². The summed E-state index contributed by atoms with van der Waals surface area (Å²) in [6, 6.07) is 16.7. The Bertz CT molecular complexity index is 722. The van der Waals surface area contributed by atoms with Crippen LogP contribution in [0.4, 0.5) is 0 Å². The average molecular weight is 354 g/mol. The van der Waals surface area contributed by atoms with Crippen LogP contribution >= 0.6 is 0 Å². The van der Waals surface area contributed by atoms with E-state index >= 15 is 0 Å². The number of nitrogens with zero attached hydrogens (tertiary/aromatic N) is 1. The maximum Gasteiger partial charge on any atom is 0.251 e. The summed E-state index contributed by atoms with van der Waals surface area (Å²) in [5, 5.41) is 2.97. The van der Waals surface area contributed by atoms with Gasteiger partial charge in [-0.05, 0) is 36.3 Å². The molecule has 5 heteroatoms. The van der Waals surface area contributed by atoms with Crippen molar-refractivity contribution < 1.29 is 14.3 Å². The van der Waals surface area contributed by atoms with E-state index in [4.69, 9.17) is 9.47 Å². The van der Waals surface area contributed by atoms with Crippen molar-refractivity contribution in [2.45, 2.75) is 19.2 Å². The lowest BCUT2D eigenvalue weighted by molar-refractivity contribution is -0.147. The monoisotopic (exact) mass is 354 g/mol. The molecule has 1 N–H and O–H groups in total. The van der Waals surface area contributed by atoms with E-state index in [1.54, 1.807) is 0 Å². The van der Waals surface area contributed by atoms with Crippen LogP contribution in [-0.4, -0.2) is 50.8 Å². The zero-order chi connectivity index (χ0) is 18.4. The van der Waals surface area contributed by atoms with Gasteiger partial charge in [0.05, 0.1) is 19.8 Å². The summed E-state index contributed by atoms with van der Waals surface area (Å²) in [4.78, 5) is 14.4. The Morgan fingerprint density at radius 3 is 2.58 bits per heavy atom. The van der Waals surface area contributed by atoms with Gasteiger partial charge in [-0.15, -0.1) is 0 Å². The maximum atomic E-state index is 12.2. The molecule has 26 heavy (non-hydrogen) atoms. The van der Waals surface area contributed by atoms with Crippen LogP contribution in [0.25, 0.3) is 11.1 Å². The number of ether oxygens (including phenoxy) is 2. The highest BCUT2D eigenvalue weighted by molar-refractivity contribution is 5.81. The van der Waals surface area contributed by atoms with E-state index in [9.17, 15) is 4.79 Å². The molecule has 0 unspecified atom stereocenters. The van der Waals surface area contributed by atoms with Gasteiger partial charge in [0.2, 0.25) is 0 Å². The van der Waals surface area contributed by atoms with Gasteiger partial charge in [-0.1, -0.05) is 48.5 Å². The van der Waals surface area contributed by atoms with Crippen molar-refractivity contribution in [3.63, 3.8) is 0 Å². The van der Waals surface area contributed by atoms with Crippen molar-refractivity contribution in [2.75, 3.05) is 33.9 Å². The second-order valence-corrected chi connectivity index (χ2v) is 6.74. The quantitative estimate of drug-likeness (QED) is 0.866. The fourth-order valence-electron chi connectivity index (χ4n) is 3.05. The molecule has 0 aromatic heterocycles. The normalized spacial score (nSPS) is 17.3. The number of carbonyl (C=O) groups excluding carboxylic acids is 1. The van der Waals surface area contributed by atoms with E-state index in [-0.39, 0.29) is 5.91 Å². The van der Waals surface area contributed by atoms with Crippen LogP contribution in [0.5, 0.6) is 0 Å². The van der Waals surface area contributed by atoms with Crippen LogP contribution in [-0.2, 0) is 27.4 Å². The Balaban J connectivity index is 1.68. The second-order valence-electron chi connectivity index (χ2n) is 6.74. The van der Waals surface area contributed by atoms with Gasteiger partial charge in [-0.2, -0.15) is 0 Å². The van der Waals surface area contributed by atoms with Crippen molar-refractivity contribution in [3.05, 3.63) is 59.7 Å². The summed E-state index contributed by atoms with van der Waals surface area (Å²) in [7, 11) is 4.12. The van der Waals surface area contributed by atoms with Crippen molar-refractivity contribution in [3.8, 4) is 11.1 Å². The Hall–Kier alpha value is -2.21.